The average Bonchev–Trinajstić information content (AvgIpc) is 3.05. The molecule has 0 heterocycles. The zero-order valence-electron chi connectivity index (χ0n) is 31.9. The van der Waals surface area contributed by atoms with Gasteiger partial charge >= 0.3 is 0 Å². The van der Waals surface area contributed by atoms with Crippen molar-refractivity contribution in [3.05, 3.63) is 0 Å². The van der Waals surface area contributed by atoms with Crippen molar-refractivity contribution in [1.29, 1.82) is 0 Å². The normalized spacial score (nSPS) is 13.2. The van der Waals surface area contributed by atoms with Gasteiger partial charge in [0.1, 0.15) is 6.10 Å². The standard InChI is InChI=1S/C41H85NO4/c1-5-7-9-11-13-15-17-19-21-23-25-27-29-31-33-44-37-41(38-45-36-40(43)35-42-39(3)4)46-34-32-30-28-26-24-22-20-18-16-14-12-10-8-6-2/h39-43H,5-38H2,1-4H3. The van der Waals surface area contributed by atoms with Crippen molar-refractivity contribution in [3.8, 4) is 0 Å². The smallest absolute Gasteiger partial charge is 0.104 e. The summed E-state index contributed by atoms with van der Waals surface area (Å²) >= 11 is 0. The summed E-state index contributed by atoms with van der Waals surface area (Å²) in [5, 5.41) is 13.5. The molecule has 0 aromatic rings. The Morgan fingerprint density at radius 3 is 1.17 bits per heavy atom. The summed E-state index contributed by atoms with van der Waals surface area (Å²) in [6, 6.07) is 0.360. The molecule has 0 spiro atoms. The minimum Gasteiger partial charge on any atom is -0.389 e. The zero-order valence-corrected chi connectivity index (χ0v) is 31.9. The summed E-state index contributed by atoms with van der Waals surface area (Å²) in [5.74, 6) is 0. The Bertz CT molecular complexity index is 547. The minimum absolute atomic E-state index is 0.0566. The Morgan fingerprint density at radius 2 is 0.783 bits per heavy atom. The van der Waals surface area contributed by atoms with Crippen molar-refractivity contribution in [3.63, 3.8) is 0 Å². The highest BCUT2D eigenvalue weighted by Crippen LogP contribution is 2.14. The van der Waals surface area contributed by atoms with Crippen LogP contribution in [0.1, 0.15) is 207 Å². The van der Waals surface area contributed by atoms with Crippen LogP contribution < -0.4 is 5.32 Å². The van der Waals surface area contributed by atoms with Crippen LogP contribution in [0, 0.1) is 0 Å². The van der Waals surface area contributed by atoms with Crippen LogP contribution in [0.3, 0.4) is 0 Å². The van der Waals surface area contributed by atoms with E-state index in [4.69, 9.17) is 14.2 Å². The molecule has 278 valence electrons. The fourth-order valence-electron chi connectivity index (χ4n) is 6.07. The highest BCUT2D eigenvalue weighted by atomic mass is 16.6. The van der Waals surface area contributed by atoms with Gasteiger partial charge in [-0.1, -0.05) is 195 Å². The van der Waals surface area contributed by atoms with Gasteiger partial charge in [0.2, 0.25) is 0 Å². The molecule has 0 aromatic carbocycles. The maximum atomic E-state index is 10.2. The molecular weight excluding hydrogens is 570 g/mol. The van der Waals surface area contributed by atoms with E-state index in [1.807, 2.05) is 0 Å². The highest BCUT2D eigenvalue weighted by molar-refractivity contribution is 4.63. The van der Waals surface area contributed by atoms with Gasteiger partial charge < -0.3 is 24.6 Å². The number of nitrogens with one attached hydrogen (secondary N) is 1. The van der Waals surface area contributed by atoms with Gasteiger partial charge in [-0.2, -0.15) is 0 Å². The maximum Gasteiger partial charge on any atom is 0.104 e. The summed E-state index contributed by atoms with van der Waals surface area (Å²) in [7, 11) is 0. The minimum atomic E-state index is -0.495. The SMILES string of the molecule is CCCCCCCCCCCCCCCCOCC(COCC(O)CNC(C)C)OCCCCCCCCCCCCCCCC. The predicted octanol–water partition coefficient (Wildman–Crippen LogP) is 11.7. The molecule has 0 saturated heterocycles. The molecule has 0 aliphatic heterocycles. The van der Waals surface area contributed by atoms with E-state index in [0.29, 0.717) is 32.4 Å². The van der Waals surface area contributed by atoms with Crippen molar-refractivity contribution < 1.29 is 19.3 Å². The van der Waals surface area contributed by atoms with E-state index < -0.39 is 6.10 Å². The van der Waals surface area contributed by atoms with Crippen molar-refractivity contribution in [2.45, 2.75) is 226 Å². The fraction of sp³-hybridized carbons (Fsp3) is 1.00. The number of hydrogen-bond donors (Lipinski definition) is 2. The van der Waals surface area contributed by atoms with Crippen LogP contribution in [0.5, 0.6) is 0 Å². The molecule has 5 heteroatoms. The van der Waals surface area contributed by atoms with Gasteiger partial charge in [-0.15, -0.1) is 0 Å². The quantitative estimate of drug-likeness (QED) is 0.0643. The third kappa shape index (κ3) is 38.2. The Morgan fingerprint density at radius 1 is 0.435 bits per heavy atom. The summed E-state index contributed by atoms with van der Waals surface area (Å²) in [6.45, 7) is 12.3. The van der Waals surface area contributed by atoms with E-state index in [2.05, 4.69) is 33.0 Å². The predicted molar refractivity (Wildman–Crippen MR) is 201 cm³/mol. The molecule has 2 unspecified atom stereocenters. The lowest BCUT2D eigenvalue weighted by atomic mass is 10.0. The summed E-state index contributed by atoms with van der Waals surface area (Å²) in [6.07, 6.45) is 37.8. The summed E-state index contributed by atoms with van der Waals surface area (Å²) in [4.78, 5) is 0. The fourth-order valence-corrected chi connectivity index (χ4v) is 6.07. The molecule has 0 aliphatic carbocycles. The molecule has 0 aliphatic rings. The van der Waals surface area contributed by atoms with Gasteiger partial charge in [-0.05, 0) is 12.8 Å². The van der Waals surface area contributed by atoms with Gasteiger partial charge in [-0.25, -0.2) is 0 Å². The van der Waals surface area contributed by atoms with E-state index in [-0.39, 0.29) is 6.10 Å². The molecule has 0 aromatic heterocycles. The zero-order chi connectivity index (χ0) is 33.6. The molecule has 2 atom stereocenters. The molecule has 5 nitrogen and oxygen atoms in total. The third-order valence-corrected chi connectivity index (χ3v) is 9.17. The van der Waals surface area contributed by atoms with Gasteiger partial charge in [0.05, 0.1) is 25.9 Å². The van der Waals surface area contributed by atoms with Gasteiger partial charge in [-0.3, -0.25) is 0 Å². The van der Waals surface area contributed by atoms with Crippen LogP contribution >= 0.6 is 0 Å². The molecule has 0 saturated carbocycles. The molecule has 0 radical (unpaired) electrons. The first kappa shape index (κ1) is 45.8. The Kier molecular flexibility index (Phi) is 39.1. The summed E-state index contributed by atoms with van der Waals surface area (Å²) in [5.41, 5.74) is 0. The third-order valence-electron chi connectivity index (χ3n) is 9.17. The second-order valence-corrected chi connectivity index (χ2v) is 14.5. The second-order valence-electron chi connectivity index (χ2n) is 14.5. The monoisotopic (exact) mass is 656 g/mol. The average molecular weight is 656 g/mol. The van der Waals surface area contributed by atoms with Crippen LogP contribution in [-0.4, -0.2) is 62.9 Å². The molecule has 0 fully saturated rings. The van der Waals surface area contributed by atoms with Crippen LogP contribution in [0.15, 0.2) is 0 Å². The van der Waals surface area contributed by atoms with Crippen molar-refractivity contribution in [1.82, 2.24) is 5.32 Å². The Hall–Kier alpha value is -0.200. The van der Waals surface area contributed by atoms with Gasteiger partial charge in [0, 0.05) is 25.8 Å². The van der Waals surface area contributed by atoms with Crippen molar-refractivity contribution >= 4 is 0 Å². The highest BCUT2D eigenvalue weighted by Gasteiger charge is 2.12. The number of ether oxygens (including phenoxy) is 3. The first-order chi connectivity index (χ1) is 22.6. The van der Waals surface area contributed by atoms with Crippen LogP contribution in [-0.2, 0) is 14.2 Å². The van der Waals surface area contributed by atoms with E-state index in [9.17, 15) is 5.11 Å². The molecule has 0 rings (SSSR count). The van der Waals surface area contributed by atoms with Crippen molar-refractivity contribution in [2.24, 2.45) is 0 Å². The first-order valence-electron chi connectivity index (χ1n) is 20.8. The molecule has 46 heavy (non-hydrogen) atoms. The topological polar surface area (TPSA) is 60.0 Å². The number of unbranched alkanes of at least 4 members (excludes halogenated alkanes) is 26. The number of aliphatic hydroxyl groups excluding tert-OH is 1. The Balaban J connectivity index is 3.88. The van der Waals surface area contributed by atoms with Crippen LogP contribution in [0.25, 0.3) is 0 Å². The van der Waals surface area contributed by atoms with E-state index in [0.717, 1.165) is 26.1 Å². The lowest BCUT2D eigenvalue weighted by Crippen LogP contribution is -2.35. The van der Waals surface area contributed by atoms with E-state index >= 15 is 0 Å². The molecule has 0 bridgehead atoms. The van der Waals surface area contributed by atoms with Crippen LogP contribution in [0.2, 0.25) is 0 Å². The van der Waals surface area contributed by atoms with E-state index in [1.54, 1.807) is 0 Å². The van der Waals surface area contributed by atoms with Gasteiger partial charge in [0.25, 0.3) is 0 Å². The van der Waals surface area contributed by atoms with Crippen LogP contribution in [0.4, 0.5) is 0 Å². The Labute approximate surface area is 289 Å². The first-order valence-corrected chi connectivity index (χ1v) is 20.8. The second kappa shape index (κ2) is 39.2. The number of hydrogen-bond acceptors (Lipinski definition) is 5. The lowest BCUT2D eigenvalue weighted by molar-refractivity contribution is -0.0726. The van der Waals surface area contributed by atoms with Gasteiger partial charge in [0.15, 0.2) is 0 Å². The number of aliphatic hydroxyl groups is 1. The molecular formula is C41H85NO4. The van der Waals surface area contributed by atoms with E-state index in [1.165, 1.54) is 167 Å². The largest absolute Gasteiger partial charge is 0.389 e. The molecule has 2 N–H and O–H groups in total. The molecule has 0 amide bonds. The lowest BCUT2D eigenvalue weighted by Gasteiger charge is -2.20. The maximum absolute atomic E-state index is 10.2. The number of rotatable bonds is 40. The summed E-state index contributed by atoms with van der Waals surface area (Å²) < 4.78 is 18.1. The van der Waals surface area contributed by atoms with Crippen molar-refractivity contribution in [2.75, 3.05) is 39.6 Å².